The van der Waals surface area contributed by atoms with Crippen LogP contribution in [0.25, 0.3) is 26.5 Å². The molecule has 0 aliphatic carbocycles. The quantitative estimate of drug-likeness (QED) is 0.185. The van der Waals surface area contributed by atoms with Gasteiger partial charge < -0.3 is 0 Å². The second kappa shape index (κ2) is 8.77. The fourth-order valence-corrected chi connectivity index (χ4v) is 5.03. The van der Waals surface area contributed by atoms with Gasteiger partial charge in [0.15, 0.2) is 0 Å². The molecule has 0 amide bonds. The molecule has 3 aromatic carbocycles. The number of nitro benzene ring substituents is 1. The first kappa shape index (κ1) is 22.4. The van der Waals surface area contributed by atoms with Crippen LogP contribution in [0.2, 0.25) is 0 Å². The molecule has 8 nitrogen and oxygen atoms in total. The number of aromatic nitrogens is 3. The second-order valence-corrected chi connectivity index (χ2v) is 9.29. The van der Waals surface area contributed by atoms with E-state index in [-0.39, 0.29) is 11.2 Å². The number of H-pyrrole nitrogens is 1. The van der Waals surface area contributed by atoms with Gasteiger partial charge in [0.2, 0.25) is 0 Å². The van der Waals surface area contributed by atoms with Gasteiger partial charge in [0.1, 0.15) is 5.01 Å². The van der Waals surface area contributed by atoms with E-state index in [1.165, 1.54) is 34.5 Å². The van der Waals surface area contributed by atoms with Crippen molar-refractivity contribution in [2.75, 3.05) is 0 Å². The third kappa shape index (κ3) is 4.29. The molecule has 0 saturated heterocycles. The van der Waals surface area contributed by atoms with Crippen LogP contribution in [-0.4, -0.2) is 25.4 Å². The van der Waals surface area contributed by atoms with Crippen LogP contribution >= 0.6 is 11.3 Å². The number of non-ortho nitro benzene ring substituents is 1. The first-order valence-electron chi connectivity index (χ1n) is 10.9. The molecule has 0 fully saturated rings. The molecule has 0 aliphatic heterocycles. The zero-order valence-electron chi connectivity index (χ0n) is 19.3. The Bertz CT molecular complexity index is 1660. The highest BCUT2D eigenvalue weighted by Gasteiger charge is 2.16. The Hall–Kier alpha value is -4.37. The van der Waals surface area contributed by atoms with E-state index in [4.69, 9.17) is 4.98 Å². The van der Waals surface area contributed by atoms with Gasteiger partial charge in [-0.25, -0.2) is 9.67 Å². The molecule has 0 radical (unpaired) electrons. The van der Waals surface area contributed by atoms with Crippen molar-refractivity contribution in [3.05, 3.63) is 104 Å². The number of nitrogens with zero attached hydrogens (tertiary/aromatic N) is 4. The van der Waals surface area contributed by atoms with Crippen molar-refractivity contribution >= 4 is 38.6 Å². The summed E-state index contributed by atoms with van der Waals surface area (Å²) in [6.45, 7) is 5.66. The van der Waals surface area contributed by atoms with Gasteiger partial charge in [-0.1, -0.05) is 6.07 Å². The topological polar surface area (TPSA) is 106 Å². The van der Waals surface area contributed by atoms with E-state index in [0.29, 0.717) is 22.7 Å². The van der Waals surface area contributed by atoms with Gasteiger partial charge in [0.05, 0.1) is 37.8 Å². The van der Waals surface area contributed by atoms with E-state index < -0.39 is 4.92 Å². The Balaban J connectivity index is 1.43. The van der Waals surface area contributed by atoms with Gasteiger partial charge in [0, 0.05) is 23.4 Å². The molecular weight excluding hydrogens is 462 g/mol. The second-order valence-electron chi connectivity index (χ2n) is 8.26. The Morgan fingerprint density at radius 3 is 2.46 bits per heavy atom. The van der Waals surface area contributed by atoms with Gasteiger partial charge in [-0.3, -0.25) is 25.0 Å². The normalized spacial score (nSPS) is 11.8. The Labute approximate surface area is 204 Å². The number of aromatic amines is 1. The Morgan fingerprint density at radius 1 is 1.06 bits per heavy atom. The van der Waals surface area contributed by atoms with Crippen molar-refractivity contribution in [1.82, 2.24) is 14.8 Å². The lowest BCUT2D eigenvalue weighted by molar-refractivity contribution is -0.384. The number of fused-ring (bicyclic) bond motifs is 1. The standard InChI is InChI=1S/C26H21N5O3S/c1-15-4-13-22-23(14-15)35-25(28-22)18-5-7-19(8-6-18)27-16(2)24-17(3)29-30(26(24)32)20-9-11-21(12-10-20)31(33)34/h4-14,29H,1-3H3. The molecule has 2 aromatic heterocycles. The van der Waals surface area contributed by atoms with Crippen molar-refractivity contribution in [1.29, 1.82) is 0 Å². The van der Waals surface area contributed by atoms with Crippen LogP contribution in [0.1, 0.15) is 23.7 Å². The third-order valence-corrected chi connectivity index (χ3v) is 6.77. The molecule has 5 rings (SSSR count). The SMILES string of the molecule is CC(=Nc1ccc(-c2nc3ccc(C)cc3s2)cc1)c1c(C)[nH]n(-c2ccc([N+](=O)[O-])cc2)c1=O. The lowest BCUT2D eigenvalue weighted by Gasteiger charge is -2.01. The number of nitro groups is 1. The monoisotopic (exact) mass is 483 g/mol. The summed E-state index contributed by atoms with van der Waals surface area (Å²) in [6, 6.07) is 19.8. The molecule has 0 bridgehead atoms. The first-order chi connectivity index (χ1) is 16.8. The number of thiazole rings is 1. The van der Waals surface area contributed by atoms with E-state index in [2.05, 4.69) is 29.1 Å². The summed E-state index contributed by atoms with van der Waals surface area (Å²) in [6.07, 6.45) is 0. The van der Waals surface area contributed by atoms with Crippen LogP contribution in [0.4, 0.5) is 11.4 Å². The lowest BCUT2D eigenvalue weighted by Crippen LogP contribution is -2.19. The predicted octanol–water partition coefficient (Wildman–Crippen LogP) is 6.11. The van der Waals surface area contributed by atoms with Gasteiger partial charge in [0.25, 0.3) is 11.2 Å². The number of benzene rings is 3. The minimum absolute atomic E-state index is 0.0348. The molecule has 2 heterocycles. The average molecular weight is 484 g/mol. The van der Waals surface area contributed by atoms with E-state index in [0.717, 1.165) is 26.5 Å². The van der Waals surface area contributed by atoms with E-state index in [1.807, 2.05) is 30.3 Å². The van der Waals surface area contributed by atoms with Gasteiger partial charge in [-0.2, -0.15) is 0 Å². The molecule has 1 N–H and O–H groups in total. The van der Waals surface area contributed by atoms with Crippen LogP contribution < -0.4 is 5.56 Å². The van der Waals surface area contributed by atoms with Gasteiger partial charge >= 0.3 is 0 Å². The van der Waals surface area contributed by atoms with Crippen LogP contribution in [-0.2, 0) is 0 Å². The molecular formula is C26H21N5O3S. The summed E-state index contributed by atoms with van der Waals surface area (Å²) >= 11 is 1.66. The molecule has 174 valence electrons. The molecule has 0 spiro atoms. The maximum Gasteiger partial charge on any atom is 0.280 e. The van der Waals surface area contributed by atoms with Crippen molar-refractivity contribution in [3.63, 3.8) is 0 Å². The predicted molar refractivity (Wildman–Crippen MR) is 139 cm³/mol. The smallest absolute Gasteiger partial charge is 0.280 e. The Kier molecular flexibility index (Phi) is 5.62. The highest BCUT2D eigenvalue weighted by atomic mass is 32.1. The molecule has 9 heteroatoms. The fraction of sp³-hybridized carbons (Fsp3) is 0.115. The summed E-state index contributed by atoms with van der Waals surface area (Å²) in [5.41, 5.74) is 5.85. The van der Waals surface area contributed by atoms with Crippen molar-refractivity contribution < 1.29 is 4.92 Å². The van der Waals surface area contributed by atoms with Crippen LogP contribution in [0.3, 0.4) is 0 Å². The zero-order chi connectivity index (χ0) is 24.7. The molecule has 0 atom stereocenters. The highest BCUT2D eigenvalue weighted by molar-refractivity contribution is 7.21. The minimum atomic E-state index is -0.474. The lowest BCUT2D eigenvalue weighted by atomic mass is 10.1. The largest absolute Gasteiger partial charge is 0.295 e. The van der Waals surface area contributed by atoms with E-state index in [9.17, 15) is 14.9 Å². The number of hydrogen-bond acceptors (Lipinski definition) is 6. The number of rotatable bonds is 5. The number of aryl methyl sites for hydroxylation is 2. The van der Waals surface area contributed by atoms with E-state index in [1.54, 1.807) is 25.2 Å². The van der Waals surface area contributed by atoms with Crippen LogP contribution in [0.5, 0.6) is 0 Å². The average Bonchev–Trinajstić information content (AvgIpc) is 3.39. The summed E-state index contributed by atoms with van der Waals surface area (Å²) in [7, 11) is 0. The third-order valence-electron chi connectivity index (χ3n) is 5.71. The van der Waals surface area contributed by atoms with E-state index >= 15 is 0 Å². The molecule has 0 aliphatic rings. The van der Waals surface area contributed by atoms with Crippen LogP contribution in [0, 0.1) is 24.0 Å². The maximum atomic E-state index is 13.1. The molecule has 5 aromatic rings. The molecule has 35 heavy (non-hydrogen) atoms. The van der Waals surface area contributed by atoms with Crippen LogP contribution in [0.15, 0.2) is 76.5 Å². The summed E-state index contributed by atoms with van der Waals surface area (Å²) in [5.74, 6) is 0. The van der Waals surface area contributed by atoms with Crippen molar-refractivity contribution in [3.8, 4) is 16.3 Å². The zero-order valence-corrected chi connectivity index (χ0v) is 20.1. The maximum absolute atomic E-state index is 13.1. The minimum Gasteiger partial charge on any atom is -0.295 e. The summed E-state index contributed by atoms with van der Waals surface area (Å²) < 4.78 is 2.52. The fourth-order valence-electron chi connectivity index (χ4n) is 3.96. The molecule has 0 unspecified atom stereocenters. The first-order valence-corrected chi connectivity index (χ1v) is 11.7. The number of aliphatic imine (C=N–C) groups is 1. The van der Waals surface area contributed by atoms with Crippen molar-refractivity contribution in [2.24, 2.45) is 4.99 Å². The number of hydrogen-bond donors (Lipinski definition) is 1. The van der Waals surface area contributed by atoms with Crippen molar-refractivity contribution in [2.45, 2.75) is 20.8 Å². The number of nitrogens with one attached hydrogen (secondary N) is 1. The highest BCUT2D eigenvalue weighted by Crippen LogP contribution is 2.31. The van der Waals surface area contributed by atoms with Gasteiger partial charge in [-0.05, 0) is 74.9 Å². The molecule has 0 saturated carbocycles. The van der Waals surface area contributed by atoms with Gasteiger partial charge in [-0.15, -0.1) is 11.3 Å². The summed E-state index contributed by atoms with van der Waals surface area (Å²) in [4.78, 5) is 32.9. The summed E-state index contributed by atoms with van der Waals surface area (Å²) in [5, 5.41) is 14.9. The Morgan fingerprint density at radius 2 is 1.77 bits per heavy atom.